The molecule has 1 aliphatic rings. The van der Waals surface area contributed by atoms with Crippen LogP contribution in [-0.4, -0.2) is 18.3 Å². The number of hydrogen-bond donors (Lipinski definition) is 1. The largest absolute Gasteiger partial charge is 0.493 e. The lowest BCUT2D eigenvalue weighted by molar-refractivity contribution is 0.0284. The van der Waals surface area contributed by atoms with Crippen LogP contribution in [0.5, 0.6) is 11.5 Å². The van der Waals surface area contributed by atoms with Gasteiger partial charge in [0, 0.05) is 10.9 Å². The van der Waals surface area contributed by atoms with Gasteiger partial charge in [-0.1, -0.05) is 31.2 Å². The highest BCUT2D eigenvalue weighted by molar-refractivity contribution is 5.97. The van der Waals surface area contributed by atoms with Crippen LogP contribution in [0.4, 0.5) is 0 Å². The van der Waals surface area contributed by atoms with Crippen LogP contribution in [-0.2, 0) is 5.60 Å². The zero-order chi connectivity index (χ0) is 21.3. The summed E-state index contributed by atoms with van der Waals surface area (Å²) < 4.78 is 17.5. The van der Waals surface area contributed by atoms with E-state index in [0.717, 1.165) is 23.8 Å². The zero-order valence-electron chi connectivity index (χ0n) is 17.7. The van der Waals surface area contributed by atoms with Crippen LogP contribution < -0.4 is 15.1 Å². The molecule has 1 N–H and O–H groups in total. The molecule has 1 saturated carbocycles. The fourth-order valence-electron chi connectivity index (χ4n) is 4.14. The number of benzene rings is 2. The Balaban J connectivity index is 1.95. The molecule has 158 valence electrons. The Morgan fingerprint density at radius 1 is 1.10 bits per heavy atom. The van der Waals surface area contributed by atoms with Crippen LogP contribution in [0.1, 0.15) is 51.7 Å². The maximum Gasteiger partial charge on any atom is 0.343 e. The van der Waals surface area contributed by atoms with Gasteiger partial charge in [-0.05, 0) is 62.8 Å². The molecule has 0 aliphatic heterocycles. The number of ether oxygens (including phenoxy) is 2. The monoisotopic (exact) mass is 408 g/mol. The van der Waals surface area contributed by atoms with E-state index in [1.165, 1.54) is 12.8 Å². The Labute approximate surface area is 176 Å². The van der Waals surface area contributed by atoms with Crippen molar-refractivity contribution in [3.05, 3.63) is 58.6 Å². The third kappa shape index (κ3) is 3.70. The van der Waals surface area contributed by atoms with Gasteiger partial charge in [-0.25, -0.2) is 4.79 Å². The van der Waals surface area contributed by atoms with Crippen molar-refractivity contribution < 1.29 is 19.0 Å². The molecule has 5 nitrogen and oxygen atoms in total. The number of fused-ring (bicyclic) bond motifs is 1. The Hall–Kier alpha value is -2.79. The van der Waals surface area contributed by atoms with Gasteiger partial charge in [-0.2, -0.15) is 0 Å². The molecule has 1 atom stereocenters. The van der Waals surface area contributed by atoms with Gasteiger partial charge in [0.05, 0.1) is 18.6 Å². The first kappa shape index (κ1) is 20.5. The lowest BCUT2D eigenvalue weighted by Gasteiger charge is -2.24. The molecule has 30 heavy (non-hydrogen) atoms. The van der Waals surface area contributed by atoms with Gasteiger partial charge in [0.15, 0.2) is 11.5 Å². The number of aliphatic hydroxyl groups is 1. The topological polar surface area (TPSA) is 68.9 Å². The number of rotatable bonds is 6. The summed E-state index contributed by atoms with van der Waals surface area (Å²) >= 11 is 0. The maximum atomic E-state index is 12.6. The summed E-state index contributed by atoms with van der Waals surface area (Å²) in [5, 5.41) is 12.3. The van der Waals surface area contributed by atoms with Crippen molar-refractivity contribution in [3.8, 4) is 22.6 Å². The van der Waals surface area contributed by atoms with E-state index < -0.39 is 11.2 Å². The van der Waals surface area contributed by atoms with Crippen molar-refractivity contribution in [2.24, 2.45) is 0 Å². The Morgan fingerprint density at radius 3 is 2.47 bits per heavy atom. The minimum atomic E-state index is -1.29. The van der Waals surface area contributed by atoms with E-state index in [2.05, 4.69) is 0 Å². The molecule has 1 aliphatic carbocycles. The third-order valence-electron chi connectivity index (χ3n) is 6.06. The first-order valence-corrected chi connectivity index (χ1v) is 10.6. The second-order valence-electron chi connectivity index (χ2n) is 8.16. The molecule has 0 bridgehead atoms. The van der Waals surface area contributed by atoms with Crippen molar-refractivity contribution in [3.63, 3.8) is 0 Å². The summed E-state index contributed by atoms with van der Waals surface area (Å²) in [6, 6.07) is 13.0. The molecule has 0 spiro atoms. The van der Waals surface area contributed by atoms with Crippen LogP contribution >= 0.6 is 0 Å². The molecule has 1 aromatic heterocycles. The average Bonchev–Trinajstić information content (AvgIpc) is 3.27. The summed E-state index contributed by atoms with van der Waals surface area (Å²) in [7, 11) is 1.63. The Morgan fingerprint density at radius 2 is 1.80 bits per heavy atom. The first-order valence-electron chi connectivity index (χ1n) is 10.6. The summed E-state index contributed by atoms with van der Waals surface area (Å²) in [4.78, 5) is 12.6. The predicted octanol–water partition coefficient (Wildman–Crippen LogP) is 5.41. The molecule has 0 amide bonds. The van der Waals surface area contributed by atoms with Crippen molar-refractivity contribution in [2.45, 2.75) is 57.7 Å². The Bertz CT molecular complexity index is 1110. The van der Waals surface area contributed by atoms with Crippen molar-refractivity contribution in [2.75, 3.05) is 7.11 Å². The standard InChI is InChI=1S/C25H28O5/c1-4-25(2,27)23-22(18-11-7-8-12-19(18)24(26)30-23)16-13-14-20(28-3)21(15-16)29-17-9-5-6-10-17/h7-8,11-15,17,27H,4-6,9-10H2,1-3H3. The lowest BCUT2D eigenvalue weighted by atomic mass is 9.89. The fraction of sp³-hybridized carbons (Fsp3) is 0.400. The van der Waals surface area contributed by atoms with Gasteiger partial charge in [-0.3, -0.25) is 0 Å². The van der Waals surface area contributed by atoms with Gasteiger partial charge < -0.3 is 19.0 Å². The quantitative estimate of drug-likeness (QED) is 0.591. The van der Waals surface area contributed by atoms with E-state index in [4.69, 9.17) is 13.9 Å². The van der Waals surface area contributed by atoms with Gasteiger partial charge in [-0.15, -0.1) is 0 Å². The van der Waals surface area contributed by atoms with Crippen molar-refractivity contribution in [1.82, 2.24) is 0 Å². The van der Waals surface area contributed by atoms with Gasteiger partial charge in [0.1, 0.15) is 11.4 Å². The average molecular weight is 408 g/mol. The Kier molecular flexibility index (Phi) is 5.56. The van der Waals surface area contributed by atoms with E-state index in [9.17, 15) is 9.90 Å². The molecule has 1 fully saturated rings. The van der Waals surface area contributed by atoms with Gasteiger partial charge in [0.25, 0.3) is 0 Å². The van der Waals surface area contributed by atoms with Crippen LogP contribution in [0.2, 0.25) is 0 Å². The second kappa shape index (κ2) is 8.15. The lowest BCUT2D eigenvalue weighted by Crippen LogP contribution is -2.23. The normalized spacial score (nSPS) is 16.5. The molecule has 0 radical (unpaired) electrons. The smallest absolute Gasteiger partial charge is 0.343 e. The van der Waals surface area contributed by atoms with E-state index in [-0.39, 0.29) is 11.9 Å². The first-order chi connectivity index (χ1) is 14.4. The van der Waals surface area contributed by atoms with Crippen LogP contribution in [0.25, 0.3) is 21.9 Å². The summed E-state index contributed by atoms with van der Waals surface area (Å²) in [6.45, 7) is 3.53. The number of hydrogen-bond acceptors (Lipinski definition) is 5. The van der Waals surface area contributed by atoms with E-state index >= 15 is 0 Å². The van der Waals surface area contributed by atoms with Crippen LogP contribution in [0.15, 0.2) is 51.7 Å². The predicted molar refractivity (Wildman–Crippen MR) is 117 cm³/mol. The highest BCUT2D eigenvalue weighted by Gasteiger charge is 2.31. The molecule has 1 heterocycles. The third-order valence-corrected chi connectivity index (χ3v) is 6.06. The molecule has 5 heteroatoms. The fourth-order valence-corrected chi connectivity index (χ4v) is 4.14. The maximum absolute atomic E-state index is 12.6. The highest BCUT2D eigenvalue weighted by atomic mass is 16.5. The molecule has 0 saturated heterocycles. The van der Waals surface area contributed by atoms with Crippen LogP contribution in [0, 0.1) is 0 Å². The SMILES string of the molecule is CCC(C)(O)c1oc(=O)c2ccccc2c1-c1ccc(OC)c(OC2CCCC2)c1. The van der Waals surface area contributed by atoms with Crippen molar-refractivity contribution >= 4 is 10.8 Å². The molecule has 1 unspecified atom stereocenters. The molecule has 2 aromatic carbocycles. The van der Waals surface area contributed by atoms with Gasteiger partial charge >= 0.3 is 5.63 Å². The van der Waals surface area contributed by atoms with Crippen LogP contribution in [0.3, 0.4) is 0 Å². The number of methoxy groups -OCH3 is 1. The minimum absolute atomic E-state index is 0.179. The summed E-state index contributed by atoms with van der Waals surface area (Å²) in [5.41, 5.74) is -0.220. The van der Waals surface area contributed by atoms with E-state index in [1.54, 1.807) is 20.1 Å². The van der Waals surface area contributed by atoms with E-state index in [1.807, 2.05) is 43.3 Å². The zero-order valence-corrected chi connectivity index (χ0v) is 17.7. The molecule has 3 aromatic rings. The highest BCUT2D eigenvalue weighted by Crippen LogP contribution is 2.41. The molecular weight excluding hydrogens is 380 g/mol. The van der Waals surface area contributed by atoms with E-state index in [0.29, 0.717) is 28.9 Å². The minimum Gasteiger partial charge on any atom is -0.493 e. The second-order valence-corrected chi connectivity index (χ2v) is 8.16. The summed E-state index contributed by atoms with van der Waals surface area (Å²) in [6.07, 6.45) is 4.99. The van der Waals surface area contributed by atoms with Gasteiger partial charge in [0.2, 0.25) is 0 Å². The summed E-state index contributed by atoms with van der Waals surface area (Å²) in [5.74, 6) is 1.60. The molecular formula is C25H28O5. The molecule has 4 rings (SSSR count). The van der Waals surface area contributed by atoms with Crippen molar-refractivity contribution in [1.29, 1.82) is 0 Å².